The second-order valence-corrected chi connectivity index (χ2v) is 6.83. The monoisotopic (exact) mass is 359 g/mol. The van der Waals surface area contributed by atoms with Crippen LogP contribution in [0.1, 0.15) is 5.56 Å². The number of benzene rings is 3. The molecule has 2 heteroatoms. The molecule has 0 radical (unpaired) electrons. The fourth-order valence-corrected chi connectivity index (χ4v) is 4.20. The Kier molecular flexibility index (Phi) is 3.74. The summed E-state index contributed by atoms with van der Waals surface area (Å²) in [6.45, 7) is 0. The molecule has 0 amide bonds. The van der Waals surface area contributed by atoms with Gasteiger partial charge in [-0.25, -0.2) is 0 Å². The average molecular weight is 359 g/mol. The molecule has 2 aliphatic carbocycles. The first kappa shape index (κ1) is 16.4. The quantitative estimate of drug-likeness (QED) is 0.414. The van der Waals surface area contributed by atoms with Crippen LogP contribution < -0.4 is 9.96 Å². The van der Waals surface area contributed by atoms with Crippen LogP contribution in [0.4, 0.5) is 0 Å². The Balaban J connectivity index is 2.12. The number of nitrogens with zero attached hydrogens (tertiary/aromatic N) is 1. The molecule has 0 saturated heterocycles. The maximum atomic E-state index is 10.0. The van der Waals surface area contributed by atoms with Gasteiger partial charge in [-0.3, -0.25) is 0 Å². The molecule has 5 rings (SSSR count). The Morgan fingerprint density at radius 3 is 2.14 bits per heavy atom. The molecule has 0 spiro atoms. The third-order valence-electron chi connectivity index (χ3n) is 5.36. The molecule has 0 aromatic heterocycles. The molecule has 0 saturated carbocycles. The highest BCUT2D eigenvalue weighted by molar-refractivity contribution is 6.18. The van der Waals surface area contributed by atoms with Crippen molar-refractivity contribution in [3.63, 3.8) is 0 Å². The van der Waals surface area contributed by atoms with Crippen molar-refractivity contribution < 1.29 is 4.74 Å². The summed E-state index contributed by atoms with van der Waals surface area (Å²) in [4.78, 5) is 0. The van der Waals surface area contributed by atoms with Crippen LogP contribution in [-0.2, 0) is 0 Å². The zero-order valence-electron chi connectivity index (χ0n) is 15.4. The Hall–Kier alpha value is -3.83. The van der Waals surface area contributed by atoms with E-state index in [1.807, 2.05) is 42.5 Å². The molecule has 0 atom stereocenters. The van der Waals surface area contributed by atoms with Crippen LogP contribution in [0, 0.1) is 11.3 Å². The largest absolute Gasteiger partial charge is 0.495 e. The summed E-state index contributed by atoms with van der Waals surface area (Å²) in [6.07, 6.45) is 0. The smallest absolute Gasteiger partial charge is 0.135 e. The summed E-state index contributed by atoms with van der Waals surface area (Å²) in [5.74, 6) is 0.822. The fourth-order valence-electron chi connectivity index (χ4n) is 4.20. The molecule has 3 aromatic rings. The van der Waals surface area contributed by atoms with Crippen molar-refractivity contribution >= 4 is 27.1 Å². The second kappa shape index (κ2) is 6.40. The number of nitriles is 1. The summed E-state index contributed by atoms with van der Waals surface area (Å²) >= 11 is 0. The molecule has 28 heavy (non-hydrogen) atoms. The van der Waals surface area contributed by atoms with Crippen molar-refractivity contribution in [3.8, 4) is 22.9 Å². The lowest BCUT2D eigenvalue weighted by Gasteiger charge is -2.12. The van der Waals surface area contributed by atoms with Gasteiger partial charge in [-0.15, -0.1) is 0 Å². The van der Waals surface area contributed by atoms with Crippen molar-refractivity contribution in [1.29, 1.82) is 5.26 Å². The maximum absolute atomic E-state index is 10.0. The first-order valence-corrected chi connectivity index (χ1v) is 9.23. The predicted octanol–water partition coefficient (Wildman–Crippen LogP) is 5.55. The van der Waals surface area contributed by atoms with Crippen LogP contribution in [-0.4, -0.2) is 7.11 Å². The molecular formula is C26H17NO. The van der Waals surface area contributed by atoms with E-state index in [1.54, 1.807) is 7.11 Å². The highest BCUT2D eigenvalue weighted by Gasteiger charge is 2.21. The van der Waals surface area contributed by atoms with Crippen molar-refractivity contribution in [2.75, 3.05) is 7.11 Å². The molecule has 0 bridgehead atoms. The van der Waals surface area contributed by atoms with Gasteiger partial charge in [0.1, 0.15) is 11.8 Å². The highest BCUT2D eigenvalue weighted by Crippen LogP contribution is 2.43. The number of hydrogen-bond donors (Lipinski definition) is 0. The molecule has 0 aliphatic heterocycles. The van der Waals surface area contributed by atoms with Crippen LogP contribution in [0.2, 0.25) is 0 Å². The summed E-state index contributed by atoms with van der Waals surface area (Å²) in [6, 6.07) is 31.1. The van der Waals surface area contributed by atoms with Crippen LogP contribution in [0.25, 0.3) is 38.2 Å². The highest BCUT2D eigenvalue weighted by atomic mass is 16.5. The minimum absolute atomic E-state index is 0.661. The fraction of sp³-hybridized carbons (Fsp3) is 0.0385. The van der Waals surface area contributed by atoms with E-state index in [0.717, 1.165) is 43.8 Å². The normalized spacial score (nSPS) is 12.3. The Bertz CT molecular complexity index is 1390. The topological polar surface area (TPSA) is 33.0 Å². The van der Waals surface area contributed by atoms with Gasteiger partial charge in [-0.05, 0) is 28.0 Å². The zero-order valence-corrected chi connectivity index (χ0v) is 15.4. The van der Waals surface area contributed by atoms with Crippen LogP contribution in [0.3, 0.4) is 0 Å². The first-order valence-electron chi connectivity index (χ1n) is 9.23. The zero-order chi connectivity index (χ0) is 19.1. The van der Waals surface area contributed by atoms with Gasteiger partial charge < -0.3 is 4.74 Å². The van der Waals surface area contributed by atoms with E-state index in [9.17, 15) is 5.26 Å². The van der Waals surface area contributed by atoms with Crippen LogP contribution >= 0.6 is 0 Å². The lowest BCUT2D eigenvalue weighted by Crippen LogP contribution is -2.05. The molecule has 132 valence electrons. The third-order valence-corrected chi connectivity index (χ3v) is 5.36. The number of rotatable bonds is 2. The Labute approximate surface area is 163 Å². The van der Waals surface area contributed by atoms with Gasteiger partial charge in [-0.2, -0.15) is 5.26 Å². The maximum Gasteiger partial charge on any atom is 0.135 e. The van der Waals surface area contributed by atoms with Gasteiger partial charge in [0.2, 0.25) is 0 Å². The van der Waals surface area contributed by atoms with Gasteiger partial charge in [-0.1, -0.05) is 78.9 Å². The van der Waals surface area contributed by atoms with Crippen molar-refractivity contribution in [3.05, 3.63) is 95.7 Å². The minimum atomic E-state index is 0.661. The Morgan fingerprint density at radius 1 is 0.786 bits per heavy atom. The van der Waals surface area contributed by atoms with E-state index in [4.69, 9.17) is 4.74 Å². The molecular weight excluding hydrogens is 342 g/mol. The van der Waals surface area contributed by atoms with Crippen molar-refractivity contribution in [1.82, 2.24) is 0 Å². The van der Waals surface area contributed by atoms with Gasteiger partial charge >= 0.3 is 0 Å². The van der Waals surface area contributed by atoms with Crippen LogP contribution in [0.15, 0.2) is 84.9 Å². The van der Waals surface area contributed by atoms with Crippen molar-refractivity contribution in [2.45, 2.75) is 0 Å². The molecule has 0 unspecified atom stereocenters. The third kappa shape index (κ3) is 2.27. The summed E-state index contributed by atoms with van der Waals surface area (Å²) < 4.78 is 5.92. The van der Waals surface area contributed by atoms with E-state index in [1.165, 1.54) is 5.39 Å². The lowest BCUT2D eigenvalue weighted by atomic mass is 9.95. The summed E-state index contributed by atoms with van der Waals surface area (Å²) in [5, 5.41) is 15.3. The second-order valence-electron chi connectivity index (χ2n) is 6.83. The lowest BCUT2D eigenvalue weighted by molar-refractivity contribution is 0.424. The predicted molar refractivity (Wildman–Crippen MR) is 114 cm³/mol. The van der Waals surface area contributed by atoms with E-state index in [0.29, 0.717) is 5.57 Å². The van der Waals surface area contributed by atoms with Gasteiger partial charge in [0.05, 0.1) is 12.7 Å². The van der Waals surface area contributed by atoms with Gasteiger partial charge in [0, 0.05) is 21.6 Å². The van der Waals surface area contributed by atoms with Crippen LogP contribution in [0.5, 0.6) is 5.75 Å². The number of methoxy groups -OCH3 is 1. The minimum Gasteiger partial charge on any atom is -0.495 e. The van der Waals surface area contributed by atoms with Crippen molar-refractivity contribution in [2.24, 2.45) is 0 Å². The number of ether oxygens (including phenoxy) is 1. The molecule has 2 nitrogen and oxygen atoms in total. The van der Waals surface area contributed by atoms with Gasteiger partial charge in [0.25, 0.3) is 0 Å². The molecule has 2 aliphatic rings. The van der Waals surface area contributed by atoms with E-state index in [-0.39, 0.29) is 0 Å². The number of fused-ring (bicyclic) bond motifs is 2. The molecule has 3 aromatic carbocycles. The first-order chi connectivity index (χ1) is 13.8. The summed E-state index contributed by atoms with van der Waals surface area (Å²) in [5.41, 5.74) is 3.82. The van der Waals surface area contributed by atoms with E-state index in [2.05, 4.69) is 48.5 Å². The SMILES string of the molecule is COc1c2c3c(ccccc-3c/c2=C(/C#N)c2ccccc2)c2ccccc12. The molecule has 0 N–H and O–H groups in total. The molecule has 0 heterocycles. The summed E-state index contributed by atoms with van der Waals surface area (Å²) in [7, 11) is 1.71. The van der Waals surface area contributed by atoms with E-state index < -0.39 is 0 Å². The molecule has 0 fully saturated rings. The Morgan fingerprint density at radius 2 is 1.43 bits per heavy atom. The van der Waals surface area contributed by atoms with E-state index >= 15 is 0 Å². The average Bonchev–Trinajstić information content (AvgIpc) is 2.97. The standard InChI is InChI=1S/C26H17NO/c1-28-26-21-14-8-7-12-19(21)20-13-6-5-11-18-15-22(25(26)24(18)20)23(16-27)17-9-3-2-4-10-17/h2-15H,1H3/b23-22+. The number of hydrogen-bond acceptors (Lipinski definition) is 2. The van der Waals surface area contributed by atoms with Gasteiger partial charge in [0.15, 0.2) is 0 Å².